The summed E-state index contributed by atoms with van der Waals surface area (Å²) in [6.45, 7) is 3.42. The molecule has 0 aromatic carbocycles. The number of piperidine rings is 1. The summed E-state index contributed by atoms with van der Waals surface area (Å²) in [7, 11) is 0. The Morgan fingerprint density at radius 3 is 2.56 bits per heavy atom. The van der Waals surface area contributed by atoms with E-state index in [1.807, 2.05) is 0 Å². The fraction of sp³-hybridized carbons (Fsp3) is 0.923. The van der Waals surface area contributed by atoms with E-state index in [0.29, 0.717) is 12.5 Å². The predicted octanol–water partition coefficient (Wildman–Crippen LogP) is 2.26. The number of carbonyl (C=O) groups is 1. The number of unbranched alkanes of at least 4 members (excludes halogenated alkanes) is 4. The highest BCUT2D eigenvalue weighted by molar-refractivity contribution is 5.85. The van der Waals surface area contributed by atoms with Crippen molar-refractivity contribution in [1.82, 2.24) is 4.90 Å². The summed E-state index contributed by atoms with van der Waals surface area (Å²) in [6, 6.07) is 0.374. The van der Waals surface area contributed by atoms with Gasteiger partial charge in [0, 0.05) is 19.0 Å². The number of rotatable bonds is 8. The third kappa shape index (κ3) is 8.72. The van der Waals surface area contributed by atoms with E-state index in [1.165, 1.54) is 32.2 Å². The molecule has 4 nitrogen and oxygen atoms in total. The molecule has 1 heterocycles. The Balaban J connectivity index is 0.00000289. The second-order valence-electron chi connectivity index (χ2n) is 5.11. The summed E-state index contributed by atoms with van der Waals surface area (Å²) < 4.78 is 0. The summed E-state index contributed by atoms with van der Waals surface area (Å²) in [4.78, 5) is 12.8. The van der Waals surface area contributed by atoms with E-state index < -0.39 is 5.97 Å². The van der Waals surface area contributed by atoms with Crippen molar-refractivity contribution < 1.29 is 9.90 Å². The van der Waals surface area contributed by atoms with Gasteiger partial charge in [0.2, 0.25) is 0 Å². The van der Waals surface area contributed by atoms with Crippen LogP contribution in [0.15, 0.2) is 0 Å². The van der Waals surface area contributed by atoms with Crippen molar-refractivity contribution in [3.8, 4) is 0 Å². The monoisotopic (exact) mass is 278 g/mol. The molecule has 0 spiro atoms. The highest BCUT2D eigenvalue weighted by Gasteiger charge is 2.15. The van der Waals surface area contributed by atoms with Crippen LogP contribution in [0.1, 0.15) is 51.4 Å². The Bertz CT molecular complexity index is 227. The largest absolute Gasteiger partial charge is 0.481 e. The molecule has 108 valence electrons. The van der Waals surface area contributed by atoms with Crippen LogP contribution in [0.4, 0.5) is 0 Å². The van der Waals surface area contributed by atoms with Gasteiger partial charge < -0.3 is 15.7 Å². The number of hydrogen-bond acceptors (Lipinski definition) is 3. The van der Waals surface area contributed by atoms with Gasteiger partial charge in [-0.05, 0) is 38.8 Å². The van der Waals surface area contributed by atoms with E-state index in [1.54, 1.807) is 0 Å². The first kappa shape index (κ1) is 17.7. The quantitative estimate of drug-likeness (QED) is 0.669. The molecule has 0 aliphatic carbocycles. The molecule has 0 aromatic heterocycles. The van der Waals surface area contributed by atoms with Crippen LogP contribution in [0, 0.1) is 0 Å². The lowest BCUT2D eigenvalue weighted by Gasteiger charge is -2.30. The number of aliphatic carboxylic acids is 1. The number of carboxylic acids is 1. The Hall–Kier alpha value is -0.320. The van der Waals surface area contributed by atoms with E-state index in [9.17, 15) is 4.79 Å². The minimum Gasteiger partial charge on any atom is -0.481 e. The molecular weight excluding hydrogens is 252 g/mol. The van der Waals surface area contributed by atoms with E-state index in [4.69, 9.17) is 10.8 Å². The molecule has 0 bridgehead atoms. The average Bonchev–Trinajstić information content (AvgIpc) is 2.27. The van der Waals surface area contributed by atoms with Crippen molar-refractivity contribution in [3.05, 3.63) is 0 Å². The van der Waals surface area contributed by atoms with Gasteiger partial charge >= 0.3 is 5.97 Å². The highest BCUT2D eigenvalue weighted by Crippen LogP contribution is 2.11. The average molecular weight is 279 g/mol. The van der Waals surface area contributed by atoms with Gasteiger partial charge in [-0.15, -0.1) is 12.4 Å². The Labute approximate surface area is 116 Å². The third-order valence-electron chi connectivity index (χ3n) is 3.41. The first-order valence-corrected chi connectivity index (χ1v) is 6.88. The minimum absolute atomic E-state index is 0. The smallest absolute Gasteiger partial charge is 0.303 e. The summed E-state index contributed by atoms with van der Waals surface area (Å²) >= 11 is 0. The van der Waals surface area contributed by atoms with Crippen molar-refractivity contribution in [2.75, 3.05) is 19.6 Å². The molecule has 1 fully saturated rings. The van der Waals surface area contributed by atoms with Crippen LogP contribution < -0.4 is 5.73 Å². The number of likely N-dealkylation sites (tertiary alicyclic amines) is 1. The summed E-state index contributed by atoms with van der Waals surface area (Å²) in [6.07, 6.45) is 8.19. The molecule has 0 amide bonds. The van der Waals surface area contributed by atoms with Crippen molar-refractivity contribution in [3.63, 3.8) is 0 Å². The second-order valence-corrected chi connectivity index (χ2v) is 5.11. The molecule has 1 rings (SSSR count). The van der Waals surface area contributed by atoms with Crippen LogP contribution in [0.25, 0.3) is 0 Å². The maximum absolute atomic E-state index is 10.3. The van der Waals surface area contributed by atoms with Gasteiger partial charge in [0.15, 0.2) is 0 Å². The van der Waals surface area contributed by atoms with Gasteiger partial charge in [0.05, 0.1) is 0 Å². The molecule has 1 saturated heterocycles. The van der Waals surface area contributed by atoms with Crippen LogP contribution in [0.3, 0.4) is 0 Å². The fourth-order valence-corrected chi connectivity index (χ4v) is 2.44. The molecule has 3 N–H and O–H groups in total. The molecule has 1 atom stereocenters. The van der Waals surface area contributed by atoms with Crippen molar-refractivity contribution in [1.29, 1.82) is 0 Å². The molecule has 1 aliphatic rings. The number of hydrogen-bond donors (Lipinski definition) is 2. The van der Waals surface area contributed by atoms with Crippen molar-refractivity contribution >= 4 is 18.4 Å². The van der Waals surface area contributed by atoms with Gasteiger partial charge in [-0.25, -0.2) is 0 Å². The zero-order valence-corrected chi connectivity index (χ0v) is 12.0. The van der Waals surface area contributed by atoms with Gasteiger partial charge in [-0.2, -0.15) is 0 Å². The number of halogens is 1. The zero-order valence-electron chi connectivity index (χ0n) is 11.1. The van der Waals surface area contributed by atoms with Crippen LogP contribution in [0.2, 0.25) is 0 Å². The lowest BCUT2D eigenvalue weighted by atomic mass is 10.1. The molecule has 18 heavy (non-hydrogen) atoms. The van der Waals surface area contributed by atoms with Crippen LogP contribution in [0.5, 0.6) is 0 Å². The SMILES string of the molecule is Cl.NC1CCCN(CCCCCCCC(=O)O)C1. The van der Waals surface area contributed by atoms with Crippen molar-refractivity contribution in [2.45, 2.75) is 57.4 Å². The van der Waals surface area contributed by atoms with E-state index in [2.05, 4.69) is 4.90 Å². The topological polar surface area (TPSA) is 66.6 Å². The standard InChI is InChI=1S/C13H26N2O2.ClH/c14-12-7-6-10-15(11-12)9-5-3-1-2-4-8-13(16)17;/h12H,1-11,14H2,(H,16,17);1H. The molecule has 0 aromatic rings. The highest BCUT2D eigenvalue weighted by atomic mass is 35.5. The third-order valence-corrected chi connectivity index (χ3v) is 3.41. The molecule has 1 aliphatic heterocycles. The van der Waals surface area contributed by atoms with Gasteiger partial charge in [0.25, 0.3) is 0 Å². The Kier molecular flexibility index (Phi) is 10.4. The lowest BCUT2D eigenvalue weighted by molar-refractivity contribution is -0.137. The molecular formula is C13H27ClN2O2. The first-order chi connectivity index (χ1) is 8.18. The molecule has 5 heteroatoms. The number of nitrogens with two attached hydrogens (primary N) is 1. The van der Waals surface area contributed by atoms with Gasteiger partial charge in [-0.1, -0.05) is 19.3 Å². The van der Waals surface area contributed by atoms with Crippen LogP contribution >= 0.6 is 12.4 Å². The van der Waals surface area contributed by atoms with Crippen LogP contribution in [-0.2, 0) is 4.79 Å². The Morgan fingerprint density at radius 1 is 1.22 bits per heavy atom. The lowest BCUT2D eigenvalue weighted by Crippen LogP contribution is -2.43. The van der Waals surface area contributed by atoms with E-state index in [0.717, 1.165) is 32.4 Å². The van der Waals surface area contributed by atoms with Gasteiger partial charge in [-0.3, -0.25) is 4.79 Å². The first-order valence-electron chi connectivity index (χ1n) is 6.88. The van der Waals surface area contributed by atoms with E-state index in [-0.39, 0.29) is 12.4 Å². The summed E-state index contributed by atoms with van der Waals surface area (Å²) in [5.74, 6) is -0.674. The molecule has 1 unspecified atom stereocenters. The van der Waals surface area contributed by atoms with E-state index >= 15 is 0 Å². The maximum atomic E-state index is 10.3. The van der Waals surface area contributed by atoms with Crippen molar-refractivity contribution in [2.24, 2.45) is 5.73 Å². The second kappa shape index (κ2) is 10.6. The number of carboxylic acid groups (broad SMARTS) is 1. The normalized spacial score (nSPS) is 20.4. The molecule has 0 saturated carbocycles. The zero-order chi connectivity index (χ0) is 12.5. The Morgan fingerprint density at radius 2 is 1.89 bits per heavy atom. The minimum atomic E-state index is -0.674. The number of nitrogens with zero attached hydrogens (tertiary/aromatic N) is 1. The fourth-order valence-electron chi connectivity index (χ4n) is 2.44. The summed E-state index contributed by atoms with van der Waals surface area (Å²) in [5.41, 5.74) is 5.93. The van der Waals surface area contributed by atoms with Gasteiger partial charge in [0.1, 0.15) is 0 Å². The molecule has 0 radical (unpaired) electrons. The van der Waals surface area contributed by atoms with Crippen LogP contribution in [-0.4, -0.2) is 41.7 Å². The summed E-state index contributed by atoms with van der Waals surface area (Å²) in [5, 5.41) is 8.49. The predicted molar refractivity (Wildman–Crippen MR) is 76.2 cm³/mol. The maximum Gasteiger partial charge on any atom is 0.303 e.